The zero-order chi connectivity index (χ0) is 7.56. The third-order valence-electron chi connectivity index (χ3n) is 2.83. The van der Waals surface area contributed by atoms with Crippen LogP contribution in [0.4, 0.5) is 0 Å². The molecule has 1 rings (SSSR count). The van der Waals surface area contributed by atoms with Crippen molar-refractivity contribution in [2.75, 3.05) is 7.05 Å². The highest BCUT2D eigenvalue weighted by Crippen LogP contribution is 2.27. The number of hydrogen-bond donors (Lipinski definition) is 1. The summed E-state index contributed by atoms with van der Waals surface area (Å²) in [6.45, 7) is 4.71. The molecule has 1 aliphatic carbocycles. The molecule has 1 N–H and O–H groups in total. The fraction of sp³-hybridized carbons (Fsp3) is 1.00. The van der Waals surface area contributed by atoms with Crippen molar-refractivity contribution in [3.63, 3.8) is 0 Å². The lowest BCUT2D eigenvalue weighted by Gasteiger charge is -2.32. The smallest absolute Gasteiger partial charge is 0.00922 e. The van der Waals surface area contributed by atoms with Crippen LogP contribution in [0.2, 0.25) is 0 Å². The van der Waals surface area contributed by atoms with Crippen LogP contribution in [-0.4, -0.2) is 13.1 Å². The summed E-state index contributed by atoms with van der Waals surface area (Å²) in [7, 11) is 2.08. The van der Waals surface area contributed by atoms with Gasteiger partial charge in [0.2, 0.25) is 0 Å². The molecular formula is C9H19N. The maximum absolute atomic E-state index is 3.38. The minimum atomic E-state index is 0.781. The van der Waals surface area contributed by atoms with Crippen molar-refractivity contribution in [1.29, 1.82) is 0 Å². The predicted molar refractivity (Wildman–Crippen MR) is 45.0 cm³/mol. The highest BCUT2D eigenvalue weighted by atomic mass is 14.9. The van der Waals surface area contributed by atoms with Crippen LogP contribution in [0.15, 0.2) is 0 Å². The van der Waals surface area contributed by atoms with Gasteiger partial charge in [-0.2, -0.15) is 0 Å². The van der Waals surface area contributed by atoms with Crippen molar-refractivity contribution < 1.29 is 0 Å². The van der Waals surface area contributed by atoms with Gasteiger partial charge in [-0.25, -0.2) is 0 Å². The molecule has 0 bridgehead atoms. The summed E-state index contributed by atoms with van der Waals surface area (Å²) in [4.78, 5) is 0. The second-order valence-electron chi connectivity index (χ2n) is 3.79. The summed E-state index contributed by atoms with van der Waals surface area (Å²) in [5, 5.41) is 3.38. The van der Waals surface area contributed by atoms with Crippen molar-refractivity contribution in [3.8, 4) is 0 Å². The standard InChI is InChI=1S/C9H19N/c1-7-4-5-8(2)9(6-7)10-3/h7-10H,4-6H2,1-3H3/t7-,8-,9?/m0/s1. The average Bonchev–Trinajstić information content (AvgIpc) is 1.94. The molecule has 10 heavy (non-hydrogen) atoms. The topological polar surface area (TPSA) is 12.0 Å². The highest BCUT2D eigenvalue weighted by Gasteiger charge is 2.23. The molecule has 0 aliphatic heterocycles. The van der Waals surface area contributed by atoms with Crippen LogP contribution >= 0.6 is 0 Å². The molecule has 0 aromatic heterocycles. The van der Waals surface area contributed by atoms with Crippen LogP contribution in [0.25, 0.3) is 0 Å². The summed E-state index contributed by atoms with van der Waals surface area (Å²) in [5.41, 5.74) is 0. The van der Waals surface area contributed by atoms with E-state index in [1.165, 1.54) is 19.3 Å². The van der Waals surface area contributed by atoms with Gasteiger partial charge in [0.25, 0.3) is 0 Å². The van der Waals surface area contributed by atoms with Crippen LogP contribution in [0.3, 0.4) is 0 Å². The molecular weight excluding hydrogens is 122 g/mol. The third-order valence-corrected chi connectivity index (χ3v) is 2.83. The van der Waals surface area contributed by atoms with E-state index in [0.717, 1.165) is 17.9 Å². The van der Waals surface area contributed by atoms with E-state index >= 15 is 0 Å². The van der Waals surface area contributed by atoms with Crippen LogP contribution in [0.1, 0.15) is 33.1 Å². The molecule has 0 aromatic carbocycles. The van der Waals surface area contributed by atoms with E-state index in [1.807, 2.05) is 0 Å². The summed E-state index contributed by atoms with van der Waals surface area (Å²) < 4.78 is 0. The molecule has 60 valence electrons. The first kappa shape index (κ1) is 8.06. The average molecular weight is 141 g/mol. The number of rotatable bonds is 1. The van der Waals surface area contributed by atoms with E-state index in [9.17, 15) is 0 Å². The molecule has 1 saturated carbocycles. The Bertz CT molecular complexity index is 101. The summed E-state index contributed by atoms with van der Waals surface area (Å²) >= 11 is 0. The molecule has 0 saturated heterocycles. The lowest BCUT2D eigenvalue weighted by atomic mass is 9.80. The lowest BCUT2D eigenvalue weighted by Crippen LogP contribution is -2.37. The Balaban J connectivity index is 2.38. The van der Waals surface area contributed by atoms with Crippen molar-refractivity contribution in [2.45, 2.75) is 39.2 Å². The molecule has 1 fully saturated rings. The Hall–Kier alpha value is -0.0400. The first-order valence-corrected chi connectivity index (χ1v) is 4.41. The van der Waals surface area contributed by atoms with Gasteiger partial charge in [-0.05, 0) is 31.7 Å². The van der Waals surface area contributed by atoms with Gasteiger partial charge in [-0.3, -0.25) is 0 Å². The minimum Gasteiger partial charge on any atom is -0.317 e. The summed E-state index contributed by atoms with van der Waals surface area (Å²) in [6.07, 6.45) is 4.21. The predicted octanol–water partition coefficient (Wildman–Crippen LogP) is 2.03. The van der Waals surface area contributed by atoms with E-state index in [1.54, 1.807) is 0 Å². The second-order valence-corrected chi connectivity index (χ2v) is 3.79. The molecule has 1 nitrogen and oxygen atoms in total. The highest BCUT2D eigenvalue weighted by molar-refractivity contribution is 4.79. The molecule has 1 unspecified atom stereocenters. The van der Waals surface area contributed by atoms with E-state index in [4.69, 9.17) is 0 Å². The van der Waals surface area contributed by atoms with Gasteiger partial charge in [-0.1, -0.05) is 20.3 Å². The van der Waals surface area contributed by atoms with E-state index < -0.39 is 0 Å². The third kappa shape index (κ3) is 1.72. The van der Waals surface area contributed by atoms with Gasteiger partial charge < -0.3 is 5.32 Å². The molecule has 0 aromatic rings. The zero-order valence-corrected chi connectivity index (χ0v) is 7.35. The van der Waals surface area contributed by atoms with Crippen LogP contribution in [0, 0.1) is 11.8 Å². The second kappa shape index (κ2) is 3.38. The molecule has 1 aliphatic rings. The molecule has 0 amide bonds. The Morgan fingerprint density at radius 1 is 1.20 bits per heavy atom. The largest absolute Gasteiger partial charge is 0.317 e. The van der Waals surface area contributed by atoms with Gasteiger partial charge in [0.1, 0.15) is 0 Å². The maximum Gasteiger partial charge on any atom is 0.00922 e. The molecule has 3 atom stereocenters. The zero-order valence-electron chi connectivity index (χ0n) is 7.35. The first-order chi connectivity index (χ1) is 4.74. The SMILES string of the molecule is CNC1C[C@@H](C)CC[C@@H]1C. The fourth-order valence-electron chi connectivity index (χ4n) is 1.93. The fourth-order valence-corrected chi connectivity index (χ4v) is 1.93. The monoisotopic (exact) mass is 141 g/mol. The van der Waals surface area contributed by atoms with Gasteiger partial charge in [0.15, 0.2) is 0 Å². The molecule has 0 radical (unpaired) electrons. The number of nitrogens with one attached hydrogen (secondary N) is 1. The lowest BCUT2D eigenvalue weighted by molar-refractivity contribution is 0.238. The van der Waals surface area contributed by atoms with Crippen molar-refractivity contribution >= 4 is 0 Å². The molecule has 1 heteroatoms. The van der Waals surface area contributed by atoms with Crippen molar-refractivity contribution in [2.24, 2.45) is 11.8 Å². The Kier molecular flexibility index (Phi) is 2.72. The Morgan fingerprint density at radius 3 is 2.40 bits per heavy atom. The first-order valence-electron chi connectivity index (χ1n) is 4.41. The molecule has 0 heterocycles. The number of hydrogen-bond acceptors (Lipinski definition) is 1. The van der Waals surface area contributed by atoms with Gasteiger partial charge >= 0.3 is 0 Å². The summed E-state index contributed by atoms with van der Waals surface area (Å²) in [5.74, 6) is 1.83. The summed E-state index contributed by atoms with van der Waals surface area (Å²) in [6, 6.07) is 0.781. The van der Waals surface area contributed by atoms with E-state index in [0.29, 0.717) is 0 Å². The van der Waals surface area contributed by atoms with Gasteiger partial charge in [0.05, 0.1) is 0 Å². The van der Waals surface area contributed by atoms with Crippen LogP contribution < -0.4 is 5.32 Å². The van der Waals surface area contributed by atoms with Gasteiger partial charge in [-0.15, -0.1) is 0 Å². The van der Waals surface area contributed by atoms with E-state index in [-0.39, 0.29) is 0 Å². The Labute approximate surface area is 64.2 Å². The normalized spacial score (nSPS) is 41.7. The minimum absolute atomic E-state index is 0.781. The van der Waals surface area contributed by atoms with Crippen LogP contribution in [-0.2, 0) is 0 Å². The Morgan fingerprint density at radius 2 is 1.90 bits per heavy atom. The van der Waals surface area contributed by atoms with Crippen molar-refractivity contribution in [1.82, 2.24) is 5.32 Å². The molecule has 0 spiro atoms. The quantitative estimate of drug-likeness (QED) is 0.589. The van der Waals surface area contributed by atoms with E-state index in [2.05, 4.69) is 26.2 Å². The van der Waals surface area contributed by atoms with Gasteiger partial charge in [0, 0.05) is 6.04 Å². The van der Waals surface area contributed by atoms with Crippen LogP contribution in [0.5, 0.6) is 0 Å². The maximum atomic E-state index is 3.38. The van der Waals surface area contributed by atoms with Crippen molar-refractivity contribution in [3.05, 3.63) is 0 Å².